The molecule has 0 aliphatic heterocycles. The van der Waals surface area contributed by atoms with Crippen LogP contribution in [0.15, 0.2) is 22.7 Å². The van der Waals surface area contributed by atoms with Crippen molar-refractivity contribution in [1.29, 1.82) is 5.26 Å². The summed E-state index contributed by atoms with van der Waals surface area (Å²) in [5.74, 6) is 0.667. The topological polar surface area (TPSA) is 36.3 Å². The van der Waals surface area contributed by atoms with Crippen molar-refractivity contribution < 1.29 is 4.74 Å². The van der Waals surface area contributed by atoms with E-state index in [1.54, 1.807) is 6.07 Å². The molecule has 3 nitrogen and oxygen atoms in total. The van der Waals surface area contributed by atoms with Crippen LogP contribution in [0.3, 0.4) is 0 Å². The molecule has 2 rings (SSSR count). The number of nitriles is 1. The third-order valence-corrected chi connectivity index (χ3v) is 3.43. The summed E-state index contributed by atoms with van der Waals surface area (Å²) in [6.45, 7) is 1.54. The van der Waals surface area contributed by atoms with Gasteiger partial charge in [0.25, 0.3) is 0 Å². The zero-order chi connectivity index (χ0) is 12.3. The summed E-state index contributed by atoms with van der Waals surface area (Å²) in [5.41, 5.74) is 0.577. The van der Waals surface area contributed by atoms with E-state index in [0.717, 1.165) is 17.1 Å². The highest BCUT2D eigenvalue weighted by atomic mass is 79.9. The van der Waals surface area contributed by atoms with Crippen LogP contribution in [-0.4, -0.2) is 31.1 Å². The number of halogens is 1. The predicted octanol–water partition coefficient (Wildman–Crippen LogP) is 2.79. The first-order valence-corrected chi connectivity index (χ1v) is 6.52. The fraction of sp³-hybridized carbons (Fsp3) is 0.462. The number of likely N-dealkylation sites (N-methyl/N-ethyl adjacent to an activating group) is 1. The second-order valence-electron chi connectivity index (χ2n) is 4.31. The molecule has 1 aliphatic rings. The van der Waals surface area contributed by atoms with Crippen LogP contribution in [0.2, 0.25) is 0 Å². The Kier molecular flexibility index (Phi) is 4.03. The van der Waals surface area contributed by atoms with E-state index in [9.17, 15) is 0 Å². The van der Waals surface area contributed by atoms with E-state index in [-0.39, 0.29) is 0 Å². The van der Waals surface area contributed by atoms with Crippen molar-refractivity contribution in [3.63, 3.8) is 0 Å². The highest BCUT2D eigenvalue weighted by Crippen LogP contribution is 2.25. The van der Waals surface area contributed by atoms with Crippen molar-refractivity contribution in [2.75, 3.05) is 20.2 Å². The zero-order valence-electron chi connectivity index (χ0n) is 9.82. The van der Waals surface area contributed by atoms with Crippen molar-refractivity contribution >= 4 is 15.9 Å². The molecule has 1 aliphatic carbocycles. The van der Waals surface area contributed by atoms with Gasteiger partial charge < -0.3 is 9.64 Å². The lowest BCUT2D eigenvalue weighted by molar-refractivity contribution is 0.231. The lowest BCUT2D eigenvalue weighted by atomic mass is 10.2. The van der Waals surface area contributed by atoms with E-state index >= 15 is 0 Å². The maximum atomic E-state index is 8.99. The molecule has 1 fully saturated rings. The third kappa shape index (κ3) is 3.45. The molecule has 0 unspecified atom stereocenters. The van der Waals surface area contributed by atoms with E-state index in [1.165, 1.54) is 12.8 Å². The van der Waals surface area contributed by atoms with Crippen LogP contribution in [0.1, 0.15) is 18.4 Å². The summed E-state index contributed by atoms with van der Waals surface area (Å²) in [7, 11) is 2.12. The Hall–Kier alpha value is -1.05. The standard InChI is InChI=1S/C13H15BrN2O/c1-16(12-3-4-12)6-7-17-13-5-2-11(14)8-10(13)9-15/h2,5,8,12H,3-4,6-7H2,1H3. The van der Waals surface area contributed by atoms with Gasteiger partial charge in [-0.05, 0) is 38.1 Å². The van der Waals surface area contributed by atoms with Crippen LogP contribution in [0.4, 0.5) is 0 Å². The van der Waals surface area contributed by atoms with Gasteiger partial charge >= 0.3 is 0 Å². The van der Waals surface area contributed by atoms with Crippen LogP contribution < -0.4 is 4.74 Å². The van der Waals surface area contributed by atoms with Gasteiger partial charge in [-0.1, -0.05) is 15.9 Å². The van der Waals surface area contributed by atoms with Crippen molar-refractivity contribution in [1.82, 2.24) is 4.90 Å². The van der Waals surface area contributed by atoms with Gasteiger partial charge in [0.15, 0.2) is 0 Å². The van der Waals surface area contributed by atoms with Crippen LogP contribution in [-0.2, 0) is 0 Å². The smallest absolute Gasteiger partial charge is 0.137 e. The summed E-state index contributed by atoms with van der Waals surface area (Å²) in [4.78, 5) is 2.31. The quantitative estimate of drug-likeness (QED) is 0.838. The fourth-order valence-electron chi connectivity index (χ4n) is 1.71. The summed E-state index contributed by atoms with van der Waals surface area (Å²) >= 11 is 3.34. The average molecular weight is 295 g/mol. The number of hydrogen-bond donors (Lipinski definition) is 0. The monoisotopic (exact) mass is 294 g/mol. The molecule has 1 saturated carbocycles. The van der Waals surface area contributed by atoms with Crippen LogP contribution >= 0.6 is 15.9 Å². The lowest BCUT2D eigenvalue weighted by Crippen LogP contribution is -2.26. The minimum Gasteiger partial charge on any atom is -0.491 e. The average Bonchev–Trinajstić information content (AvgIpc) is 3.14. The van der Waals surface area contributed by atoms with Crippen molar-refractivity contribution in [3.8, 4) is 11.8 Å². The maximum absolute atomic E-state index is 8.99. The molecule has 17 heavy (non-hydrogen) atoms. The van der Waals surface area contributed by atoms with Gasteiger partial charge in [0.2, 0.25) is 0 Å². The first-order chi connectivity index (χ1) is 8.20. The third-order valence-electron chi connectivity index (χ3n) is 2.93. The second-order valence-corrected chi connectivity index (χ2v) is 5.23. The summed E-state index contributed by atoms with van der Waals surface area (Å²) in [6, 6.07) is 8.39. The highest BCUT2D eigenvalue weighted by molar-refractivity contribution is 9.10. The van der Waals surface area contributed by atoms with Gasteiger partial charge in [-0.25, -0.2) is 0 Å². The molecule has 0 amide bonds. The number of hydrogen-bond acceptors (Lipinski definition) is 3. The van der Waals surface area contributed by atoms with Gasteiger partial charge in [0.1, 0.15) is 18.4 Å². The van der Waals surface area contributed by atoms with E-state index < -0.39 is 0 Å². The van der Waals surface area contributed by atoms with Crippen LogP contribution in [0, 0.1) is 11.3 Å². The molecular formula is C13H15BrN2O. The molecule has 0 radical (unpaired) electrons. The summed E-state index contributed by atoms with van der Waals surface area (Å²) in [5, 5.41) is 8.99. The van der Waals surface area contributed by atoms with Crippen molar-refractivity contribution in [3.05, 3.63) is 28.2 Å². The molecule has 0 bridgehead atoms. The van der Waals surface area contributed by atoms with Crippen LogP contribution in [0.5, 0.6) is 5.75 Å². The van der Waals surface area contributed by atoms with E-state index in [2.05, 4.69) is 33.9 Å². The van der Waals surface area contributed by atoms with Crippen LogP contribution in [0.25, 0.3) is 0 Å². The minimum atomic E-state index is 0.577. The summed E-state index contributed by atoms with van der Waals surface area (Å²) in [6.07, 6.45) is 2.61. The Morgan fingerprint density at radius 2 is 2.29 bits per heavy atom. The van der Waals surface area contributed by atoms with E-state index in [1.807, 2.05) is 12.1 Å². The van der Waals surface area contributed by atoms with Gasteiger partial charge in [-0.2, -0.15) is 5.26 Å². The molecule has 0 heterocycles. The molecule has 0 aromatic heterocycles. The number of benzene rings is 1. The second kappa shape index (κ2) is 5.52. The number of nitrogens with zero attached hydrogens (tertiary/aromatic N) is 2. The molecule has 90 valence electrons. The number of rotatable bonds is 5. The van der Waals surface area contributed by atoms with Gasteiger partial charge in [0.05, 0.1) is 5.56 Å². The Balaban J connectivity index is 1.87. The molecule has 1 aromatic rings. The van der Waals surface area contributed by atoms with E-state index in [4.69, 9.17) is 10.00 Å². The van der Waals surface area contributed by atoms with E-state index in [0.29, 0.717) is 17.9 Å². The first-order valence-electron chi connectivity index (χ1n) is 5.73. The summed E-state index contributed by atoms with van der Waals surface area (Å²) < 4.78 is 6.55. The molecule has 4 heteroatoms. The van der Waals surface area contributed by atoms with Crippen molar-refractivity contribution in [2.45, 2.75) is 18.9 Å². The molecular weight excluding hydrogens is 280 g/mol. The molecule has 0 spiro atoms. The first kappa shape index (κ1) is 12.4. The molecule has 0 atom stereocenters. The van der Waals surface area contributed by atoms with Gasteiger partial charge in [-0.15, -0.1) is 0 Å². The SMILES string of the molecule is CN(CCOc1ccc(Br)cc1C#N)C1CC1. The largest absolute Gasteiger partial charge is 0.491 e. The van der Waals surface area contributed by atoms with Gasteiger partial charge in [-0.3, -0.25) is 0 Å². The lowest BCUT2D eigenvalue weighted by Gasteiger charge is -2.16. The highest BCUT2D eigenvalue weighted by Gasteiger charge is 2.25. The minimum absolute atomic E-state index is 0.577. The maximum Gasteiger partial charge on any atom is 0.137 e. The molecule has 0 saturated heterocycles. The number of ether oxygens (including phenoxy) is 1. The molecule has 1 aromatic carbocycles. The van der Waals surface area contributed by atoms with Crippen molar-refractivity contribution in [2.24, 2.45) is 0 Å². The molecule has 0 N–H and O–H groups in total. The Morgan fingerprint density at radius 1 is 1.53 bits per heavy atom. The zero-order valence-corrected chi connectivity index (χ0v) is 11.4. The predicted molar refractivity (Wildman–Crippen MR) is 70.0 cm³/mol. The Bertz CT molecular complexity index is 438. The Labute approximate surface area is 110 Å². The normalized spacial score (nSPS) is 14.7. The van der Waals surface area contributed by atoms with Gasteiger partial charge in [0, 0.05) is 17.1 Å². The fourth-order valence-corrected chi connectivity index (χ4v) is 2.07. The Morgan fingerprint density at radius 3 is 2.94 bits per heavy atom.